The molecule has 3 rings (SSSR count). The lowest BCUT2D eigenvalue weighted by atomic mass is 9.80. The van der Waals surface area contributed by atoms with Crippen LogP contribution in [0.2, 0.25) is 0 Å². The molecular weight excluding hydrogens is 306 g/mol. The Hall–Kier alpha value is -1.10. The predicted molar refractivity (Wildman–Crippen MR) is 96.2 cm³/mol. The van der Waals surface area contributed by atoms with E-state index in [0.717, 1.165) is 49.3 Å². The number of Topliss-reactive ketones (excluding diaryl/α,β-unsaturated/α-hetero) is 1. The van der Waals surface area contributed by atoms with Gasteiger partial charge in [0.15, 0.2) is 5.78 Å². The van der Waals surface area contributed by atoms with Crippen molar-refractivity contribution in [3.05, 3.63) is 47.6 Å². The Bertz CT molecular complexity index is 580. The molecule has 1 saturated carbocycles. The summed E-state index contributed by atoms with van der Waals surface area (Å²) < 4.78 is 5.82. The quantitative estimate of drug-likeness (QED) is 0.685. The summed E-state index contributed by atoms with van der Waals surface area (Å²) >= 11 is 1.44. The van der Waals surface area contributed by atoms with Crippen LogP contribution in [0.15, 0.2) is 47.6 Å². The fraction of sp³-hybridized carbons (Fsp3) is 0.526. The molecule has 2 aliphatic heterocycles. The Morgan fingerprint density at radius 1 is 1.35 bits per heavy atom. The second-order valence-corrected chi connectivity index (χ2v) is 7.44. The van der Waals surface area contributed by atoms with E-state index in [1.54, 1.807) is 6.08 Å². The molecule has 3 nitrogen and oxygen atoms in total. The van der Waals surface area contributed by atoms with E-state index in [1.165, 1.54) is 23.2 Å². The lowest BCUT2D eigenvalue weighted by Crippen LogP contribution is -2.35. The van der Waals surface area contributed by atoms with Crippen molar-refractivity contribution in [3.8, 4) is 0 Å². The van der Waals surface area contributed by atoms with Gasteiger partial charge in [-0.25, -0.2) is 0 Å². The maximum absolute atomic E-state index is 12.7. The molecule has 124 valence electrons. The number of ketones is 1. The fourth-order valence-corrected chi connectivity index (χ4v) is 4.65. The second-order valence-electron chi connectivity index (χ2n) is 6.60. The highest BCUT2D eigenvalue weighted by atomic mass is 32.2. The van der Waals surface area contributed by atoms with E-state index >= 15 is 0 Å². The topological polar surface area (TPSA) is 29.5 Å². The van der Waals surface area contributed by atoms with Crippen molar-refractivity contribution >= 4 is 17.8 Å². The molecule has 0 amide bonds. The summed E-state index contributed by atoms with van der Waals surface area (Å²) in [5, 5.41) is 0. The van der Waals surface area contributed by atoms with Gasteiger partial charge < -0.3 is 9.08 Å². The first-order chi connectivity index (χ1) is 11.1. The fourth-order valence-electron chi connectivity index (χ4n) is 3.82. The lowest BCUT2D eigenvalue weighted by Gasteiger charge is -2.34. The molecule has 0 aromatic carbocycles. The number of carbonyl (C=O) groups is 1. The molecule has 0 bridgehead atoms. The van der Waals surface area contributed by atoms with Gasteiger partial charge in [0.2, 0.25) is 0 Å². The third-order valence-electron chi connectivity index (χ3n) is 5.11. The van der Waals surface area contributed by atoms with E-state index in [2.05, 4.69) is 25.1 Å². The summed E-state index contributed by atoms with van der Waals surface area (Å²) in [6, 6.07) is 0. The van der Waals surface area contributed by atoms with E-state index in [0.29, 0.717) is 6.42 Å². The summed E-state index contributed by atoms with van der Waals surface area (Å²) in [4.78, 5) is 15.0. The maximum Gasteiger partial charge on any atom is 0.167 e. The average molecular weight is 331 g/mol. The summed E-state index contributed by atoms with van der Waals surface area (Å²) in [5.74, 6) is 1.30. The monoisotopic (exact) mass is 331 g/mol. The zero-order chi connectivity index (χ0) is 16.4. The number of nitrogens with zero attached hydrogens (tertiary/aromatic N) is 1. The molecule has 2 unspecified atom stereocenters. The molecule has 2 heterocycles. The van der Waals surface area contributed by atoms with Crippen LogP contribution in [0, 0.1) is 5.92 Å². The van der Waals surface area contributed by atoms with Gasteiger partial charge in [0.05, 0.1) is 0 Å². The van der Waals surface area contributed by atoms with Gasteiger partial charge in [-0.1, -0.05) is 30.9 Å². The molecule has 2 atom stereocenters. The largest absolute Gasteiger partial charge is 0.306 e. The summed E-state index contributed by atoms with van der Waals surface area (Å²) in [6.45, 7) is 10.3. The Balaban J connectivity index is 2.05. The molecule has 0 spiro atoms. The van der Waals surface area contributed by atoms with Gasteiger partial charge in [-0.2, -0.15) is 0 Å². The molecule has 23 heavy (non-hydrogen) atoms. The standard InChI is InChI=1S/C19H25NO2S/c1-4-5-15-12-17(21)19-16(8-11-23-22-19)18(13(15)2)14-6-9-20(3)10-7-14/h4-5,16,19H,1-2,6-12H2,3H3/b15-5-. The second kappa shape index (κ2) is 7.20. The van der Waals surface area contributed by atoms with Gasteiger partial charge in [-0.05, 0) is 55.1 Å². The SMILES string of the molecule is C=C/C=C1/CC(=O)C2OSCCC2C(=C2CCN(C)CC2)C1=C. The highest BCUT2D eigenvalue weighted by molar-refractivity contribution is 7.94. The number of piperidine rings is 1. The van der Waals surface area contributed by atoms with Crippen LogP contribution in [0.5, 0.6) is 0 Å². The molecule has 2 saturated heterocycles. The van der Waals surface area contributed by atoms with Crippen molar-refractivity contribution in [3.63, 3.8) is 0 Å². The van der Waals surface area contributed by atoms with Crippen LogP contribution >= 0.6 is 12.0 Å². The molecule has 0 radical (unpaired) electrons. The number of hydrogen-bond acceptors (Lipinski definition) is 4. The van der Waals surface area contributed by atoms with Gasteiger partial charge in [0, 0.05) is 31.2 Å². The number of allylic oxidation sites excluding steroid dienone is 4. The van der Waals surface area contributed by atoms with Crippen molar-refractivity contribution in [2.24, 2.45) is 5.92 Å². The highest BCUT2D eigenvalue weighted by Crippen LogP contribution is 2.44. The van der Waals surface area contributed by atoms with Crippen LogP contribution in [-0.4, -0.2) is 42.7 Å². The van der Waals surface area contributed by atoms with E-state index in [9.17, 15) is 4.79 Å². The lowest BCUT2D eigenvalue weighted by molar-refractivity contribution is -0.126. The van der Waals surface area contributed by atoms with Crippen molar-refractivity contribution < 1.29 is 8.98 Å². The van der Waals surface area contributed by atoms with Crippen LogP contribution in [0.25, 0.3) is 0 Å². The first-order valence-electron chi connectivity index (χ1n) is 8.34. The van der Waals surface area contributed by atoms with Crippen molar-refractivity contribution in [1.82, 2.24) is 4.90 Å². The van der Waals surface area contributed by atoms with Gasteiger partial charge in [0.25, 0.3) is 0 Å². The van der Waals surface area contributed by atoms with E-state index < -0.39 is 0 Å². The molecule has 0 aromatic heterocycles. The smallest absolute Gasteiger partial charge is 0.167 e. The minimum absolute atomic E-state index is 0.172. The van der Waals surface area contributed by atoms with Crippen molar-refractivity contribution in [1.29, 1.82) is 0 Å². The molecule has 0 N–H and O–H groups in total. The summed E-state index contributed by atoms with van der Waals surface area (Å²) in [7, 11) is 2.17. The maximum atomic E-state index is 12.7. The van der Waals surface area contributed by atoms with E-state index in [-0.39, 0.29) is 17.8 Å². The highest BCUT2D eigenvalue weighted by Gasteiger charge is 2.40. The van der Waals surface area contributed by atoms with Crippen LogP contribution in [-0.2, 0) is 8.98 Å². The molecule has 3 aliphatic rings. The summed E-state index contributed by atoms with van der Waals surface area (Å²) in [6.07, 6.45) is 6.92. The molecule has 0 aromatic rings. The minimum atomic E-state index is -0.316. The van der Waals surface area contributed by atoms with E-state index in [1.807, 2.05) is 6.08 Å². The normalized spacial score (nSPS) is 32.0. The van der Waals surface area contributed by atoms with Crippen molar-refractivity contribution in [2.45, 2.75) is 31.8 Å². The molecule has 4 heteroatoms. The zero-order valence-corrected chi connectivity index (χ0v) is 14.7. The average Bonchev–Trinajstić information content (AvgIpc) is 2.66. The van der Waals surface area contributed by atoms with Crippen LogP contribution in [0.3, 0.4) is 0 Å². The van der Waals surface area contributed by atoms with Gasteiger partial charge in [-0.15, -0.1) is 0 Å². The Morgan fingerprint density at radius 3 is 2.78 bits per heavy atom. The molecular formula is C19H25NO2S. The minimum Gasteiger partial charge on any atom is -0.306 e. The Labute approximate surface area is 143 Å². The van der Waals surface area contributed by atoms with Crippen LogP contribution in [0.1, 0.15) is 25.7 Å². The number of rotatable bonds is 1. The molecule has 1 aliphatic carbocycles. The first-order valence-corrected chi connectivity index (χ1v) is 9.25. The van der Waals surface area contributed by atoms with Crippen LogP contribution in [0.4, 0.5) is 0 Å². The number of hydrogen-bond donors (Lipinski definition) is 0. The van der Waals surface area contributed by atoms with Gasteiger partial charge >= 0.3 is 0 Å². The van der Waals surface area contributed by atoms with Crippen LogP contribution < -0.4 is 0 Å². The summed E-state index contributed by atoms with van der Waals surface area (Å²) in [5.41, 5.74) is 4.83. The third-order valence-corrected chi connectivity index (χ3v) is 5.85. The Morgan fingerprint density at radius 2 is 2.09 bits per heavy atom. The number of likely N-dealkylation sites (tertiary alicyclic amines) is 1. The molecule has 3 fully saturated rings. The number of carbonyl (C=O) groups excluding carboxylic acids is 1. The zero-order valence-electron chi connectivity index (χ0n) is 13.8. The number of fused-ring (bicyclic) bond motifs is 1. The van der Waals surface area contributed by atoms with Gasteiger partial charge in [-0.3, -0.25) is 4.79 Å². The van der Waals surface area contributed by atoms with Gasteiger partial charge in [0.1, 0.15) is 6.10 Å². The third kappa shape index (κ3) is 3.39. The predicted octanol–water partition coefficient (Wildman–Crippen LogP) is 3.70. The van der Waals surface area contributed by atoms with E-state index in [4.69, 9.17) is 4.18 Å². The first kappa shape index (κ1) is 16.7. The van der Waals surface area contributed by atoms with Crippen molar-refractivity contribution in [2.75, 3.05) is 25.9 Å². The Kier molecular flexibility index (Phi) is 5.24.